The third kappa shape index (κ3) is 6.52. The van der Waals surface area contributed by atoms with Crippen LogP contribution in [0.15, 0.2) is 72.9 Å². The van der Waals surface area contributed by atoms with Gasteiger partial charge in [-0.25, -0.2) is 4.79 Å². The van der Waals surface area contributed by atoms with Gasteiger partial charge in [0.05, 0.1) is 10.7 Å². The Morgan fingerprint density at radius 1 is 1.05 bits per heavy atom. The van der Waals surface area contributed by atoms with E-state index < -0.39 is 29.9 Å². The van der Waals surface area contributed by atoms with E-state index in [2.05, 4.69) is 20.4 Å². The Hall–Kier alpha value is -3.33. The number of ether oxygens (including phenoxy) is 1. The highest BCUT2D eigenvalue weighted by Gasteiger charge is 2.44. The second-order valence-corrected chi connectivity index (χ2v) is 9.44. The molecule has 0 radical (unpaired) electrons. The number of amides is 2. The largest absolute Gasteiger partial charge is 0.461 e. The summed E-state index contributed by atoms with van der Waals surface area (Å²) in [6.07, 6.45) is -3.39. The SMILES string of the molecule is O=C(NC1CCCC1)N[C@](Cc1ccccc1)(c1cccc(OC(F)(F)C(F)F)c1)c1ccc(Cl)cn1. The van der Waals surface area contributed by atoms with E-state index in [9.17, 15) is 22.4 Å². The molecule has 1 saturated carbocycles. The van der Waals surface area contributed by atoms with Crippen LogP contribution in [0.1, 0.15) is 42.5 Å². The molecule has 10 heteroatoms. The van der Waals surface area contributed by atoms with Crippen LogP contribution < -0.4 is 15.4 Å². The normalized spacial score (nSPS) is 15.8. The molecule has 1 aromatic heterocycles. The van der Waals surface area contributed by atoms with E-state index in [1.807, 2.05) is 30.3 Å². The van der Waals surface area contributed by atoms with Crippen LogP contribution in [-0.4, -0.2) is 29.6 Å². The number of halogens is 5. The minimum Gasteiger partial charge on any atom is -0.428 e. The molecule has 5 nitrogen and oxygen atoms in total. The van der Waals surface area contributed by atoms with Crippen molar-refractivity contribution in [1.82, 2.24) is 15.6 Å². The molecule has 0 spiro atoms. The molecule has 0 unspecified atom stereocenters. The van der Waals surface area contributed by atoms with E-state index in [1.165, 1.54) is 18.3 Å². The fourth-order valence-electron chi connectivity index (χ4n) is 4.56. The number of hydrogen-bond donors (Lipinski definition) is 2. The Morgan fingerprint density at radius 3 is 2.43 bits per heavy atom. The number of nitrogens with zero attached hydrogens (tertiary/aromatic N) is 1. The lowest BCUT2D eigenvalue weighted by molar-refractivity contribution is -0.253. The maximum Gasteiger partial charge on any atom is 0.461 e. The molecule has 3 aromatic rings. The number of alkyl halides is 4. The first kappa shape index (κ1) is 26.7. The number of carbonyl (C=O) groups is 1. The third-order valence-corrected chi connectivity index (χ3v) is 6.55. The van der Waals surface area contributed by atoms with Gasteiger partial charge in [0.1, 0.15) is 11.3 Å². The Morgan fingerprint density at radius 2 is 1.78 bits per heavy atom. The Kier molecular flexibility index (Phi) is 8.22. The topological polar surface area (TPSA) is 63.2 Å². The first-order chi connectivity index (χ1) is 17.7. The van der Waals surface area contributed by atoms with Crippen molar-refractivity contribution < 1.29 is 27.1 Å². The van der Waals surface area contributed by atoms with Gasteiger partial charge < -0.3 is 15.4 Å². The lowest BCUT2D eigenvalue weighted by Crippen LogP contribution is -2.54. The van der Waals surface area contributed by atoms with Gasteiger partial charge in [-0.05, 0) is 48.2 Å². The van der Waals surface area contributed by atoms with Gasteiger partial charge in [0, 0.05) is 18.7 Å². The molecule has 0 bridgehead atoms. The second-order valence-electron chi connectivity index (χ2n) is 9.00. The van der Waals surface area contributed by atoms with Crippen LogP contribution in [-0.2, 0) is 12.0 Å². The van der Waals surface area contributed by atoms with Gasteiger partial charge in [-0.1, -0.05) is 66.9 Å². The van der Waals surface area contributed by atoms with E-state index in [1.54, 1.807) is 18.2 Å². The maximum atomic E-state index is 13.7. The average Bonchev–Trinajstić information content (AvgIpc) is 3.37. The van der Waals surface area contributed by atoms with Gasteiger partial charge in [0.2, 0.25) is 0 Å². The summed E-state index contributed by atoms with van der Waals surface area (Å²) in [5, 5.41) is 6.37. The quantitative estimate of drug-likeness (QED) is 0.300. The molecule has 1 aliphatic carbocycles. The summed E-state index contributed by atoms with van der Waals surface area (Å²) in [6, 6.07) is 17.3. The van der Waals surface area contributed by atoms with Crippen molar-refractivity contribution in [1.29, 1.82) is 0 Å². The van der Waals surface area contributed by atoms with Gasteiger partial charge in [-0.2, -0.15) is 17.6 Å². The zero-order valence-corrected chi connectivity index (χ0v) is 20.5. The standard InChI is InChI=1S/C27H26ClF4N3O2/c28-20-13-14-23(33-17-20)26(16-18-7-2-1-3-8-18,35-25(36)34-21-10-4-5-11-21)19-9-6-12-22(15-19)37-27(31,32)24(29)30/h1-3,6-9,12-15,17,21,24H,4-5,10-11,16H2,(H2,34,35,36)/t26-/m1/s1. The second kappa shape index (κ2) is 11.4. The monoisotopic (exact) mass is 535 g/mol. The first-order valence-corrected chi connectivity index (χ1v) is 12.3. The summed E-state index contributed by atoms with van der Waals surface area (Å²) in [6.45, 7) is 0. The van der Waals surface area contributed by atoms with Gasteiger partial charge in [-0.3, -0.25) is 4.98 Å². The third-order valence-electron chi connectivity index (χ3n) is 6.33. The average molecular weight is 536 g/mol. The fourth-order valence-corrected chi connectivity index (χ4v) is 4.68. The predicted molar refractivity (Wildman–Crippen MR) is 132 cm³/mol. The van der Waals surface area contributed by atoms with Crippen molar-refractivity contribution in [2.45, 2.75) is 56.2 Å². The Labute approximate surface area is 217 Å². The van der Waals surface area contributed by atoms with E-state index in [4.69, 9.17) is 11.6 Å². The number of urea groups is 1. The van der Waals surface area contributed by atoms with Crippen LogP contribution in [0.2, 0.25) is 5.02 Å². The molecule has 1 atom stereocenters. The first-order valence-electron chi connectivity index (χ1n) is 11.9. The molecule has 0 aliphatic heterocycles. The molecule has 37 heavy (non-hydrogen) atoms. The lowest BCUT2D eigenvalue weighted by atomic mass is 9.80. The van der Waals surface area contributed by atoms with Gasteiger partial charge >= 0.3 is 18.6 Å². The summed E-state index contributed by atoms with van der Waals surface area (Å²) >= 11 is 6.08. The molecule has 2 N–H and O–H groups in total. The van der Waals surface area contributed by atoms with Crippen LogP contribution in [0.25, 0.3) is 0 Å². The number of carbonyl (C=O) groups excluding carboxylic acids is 1. The van der Waals surface area contributed by atoms with Crippen molar-refractivity contribution in [2.75, 3.05) is 0 Å². The summed E-state index contributed by atoms with van der Waals surface area (Å²) in [4.78, 5) is 17.8. The lowest BCUT2D eigenvalue weighted by Gasteiger charge is -2.36. The van der Waals surface area contributed by atoms with Crippen molar-refractivity contribution in [3.05, 3.63) is 94.8 Å². The number of aromatic nitrogens is 1. The minimum atomic E-state index is -4.69. The molecule has 1 heterocycles. The molecular weight excluding hydrogens is 510 g/mol. The smallest absolute Gasteiger partial charge is 0.428 e. The minimum absolute atomic E-state index is 0.00648. The summed E-state index contributed by atoms with van der Waals surface area (Å²) < 4.78 is 57.5. The highest BCUT2D eigenvalue weighted by atomic mass is 35.5. The highest BCUT2D eigenvalue weighted by molar-refractivity contribution is 6.30. The summed E-state index contributed by atoms with van der Waals surface area (Å²) in [5.74, 6) is -0.479. The molecule has 2 amide bonds. The molecule has 4 rings (SSSR count). The Balaban J connectivity index is 1.82. The van der Waals surface area contributed by atoms with Gasteiger partial charge in [-0.15, -0.1) is 0 Å². The molecular formula is C27H26ClF4N3O2. The number of rotatable bonds is 9. The molecule has 2 aromatic carbocycles. The van der Waals surface area contributed by atoms with Gasteiger partial charge in [0.15, 0.2) is 0 Å². The summed E-state index contributed by atoms with van der Waals surface area (Å²) in [7, 11) is 0. The molecule has 196 valence electrons. The predicted octanol–water partition coefficient (Wildman–Crippen LogP) is 6.70. The van der Waals surface area contributed by atoms with Crippen molar-refractivity contribution >= 4 is 17.6 Å². The van der Waals surface area contributed by atoms with Gasteiger partial charge in [0.25, 0.3) is 0 Å². The van der Waals surface area contributed by atoms with E-state index >= 15 is 0 Å². The van der Waals surface area contributed by atoms with E-state index in [0.717, 1.165) is 37.3 Å². The van der Waals surface area contributed by atoms with Crippen LogP contribution >= 0.6 is 11.6 Å². The number of nitrogens with one attached hydrogen (secondary N) is 2. The maximum absolute atomic E-state index is 13.7. The van der Waals surface area contributed by atoms with Crippen LogP contribution in [0.3, 0.4) is 0 Å². The molecule has 1 fully saturated rings. The Bertz CT molecular complexity index is 1190. The van der Waals surface area contributed by atoms with Crippen molar-refractivity contribution in [3.63, 3.8) is 0 Å². The van der Waals surface area contributed by atoms with Crippen LogP contribution in [0.4, 0.5) is 22.4 Å². The van der Waals surface area contributed by atoms with E-state index in [0.29, 0.717) is 16.3 Å². The fraction of sp³-hybridized carbons (Fsp3) is 0.333. The number of benzene rings is 2. The van der Waals surface area contributed by atoms with Crippen molar-refractivity contribution in [3.8, 4) is 5.75 Å². The zero-order valence-electron chi connectivity index (χ0n) is 19.8. The molecule has 0 saturated heterocycles. The van der Waals surface area contributed by atoms with Crippen LogP contribution in [0, 0.1) is 0 Å². The zero-order chi connectivity index (χ0) is 26.5. The highest BCUT2D eigenvalue weighted by Crippen LogP contribution is 2.36. The number of hydrogen-bond acceptors (Lipinski definition) is 3. The van der Waals surface area contributed by atoms with Crippen LogP contribution in [0.5, 0.6) is 5.75 Å². The number of pyridine rings is 1. The molecule has 1 aliphatic rings. The van der Waals surface area contributed by atoms with E-state index in [-0.39, 0.29) is 12.5 Å². The van der Waals surface area contributed by atoms with Crippen molar-refractivity contribution in [2.24, 2.45) is 0 Å². The summed E-state index contributed by atoms with van der Waals surface area (Å²) in [5.41, 5.74) is 0.119.